The molecule has 2 rings (SSSR count). The average molecular weight is 421 g/mol. The zero-order chi connectivity index (χ0) is 20.5. The van der Waals surface area contributed by atoms with Crippen molar-refractivity contribution < 1.29 is 14.4 Å². The van der Waals surface area contributed by atoms with Gasteiger partial charge in [-0.2, -0.15) is 0 Å². The number of amides is 3. The summed E-state index contributed by atoms with van der Waals surface area (Å²) in [5.41, 5.74) is 1.94. The third kappa shape index (κ3) is 8.10. The van der Waals surface area contributed by atoms with Gasteiger partial charge in [0.05, 0.1) is 17.9 Å². The zero-order valence-electron chi connectivity index (χ0n) is 16.1. The van der Waals surface area contributed by atoms with E-state index in [9.17, 15) is 14.4 Å². The van der Waals surface area contributed by atoms with Crippen LogP contribution in [0.5, 0.6) is 0 Å². The minimum atomic E-state index is -0.170. The molecule has 0 aliphatic carbocycles. The molecule has 1 aromatic heterocycles. The number of carbonyl (C=O) groups excluding carboxylic acids is 3. The smallest absolute Gasteiger partial charge is 0.234 e. The molecule has 1 aromatic carbocycles. The minimum absolute atomic E-state index is 0.0488. The van der Waals surface area contributed by atoms with Gasteiger partial charge in [0.1, 0.15) is 0 Å². The Balaban J connectivity index is 1.79. The summed E-state index contributed by atoms with van der Waals surface area (Å²) in [6, 6.07) is 6.96. The highest BCUT2D eigenvalue weighted by Crippen LogP contribution is 2.23. The van der Waals surface area contributed by atoms with Crippen molar-refractivity contribution in [2.24, 2.45) is 5.92 Å². The van der Waals surface area contributed by atoms with Crippen LogP contribution in [-0.2, 0) is 20.8 Å². The summed E-state index contributed by atoms with van der Waals surface area (Å²) in [7, 11) is 0. The van der Waals surface area contributed by atoms with E-state index in [1.807, 2.05) is 19.2 Å². The largest absolute Gasteiger partial charge is 0.356 e. The Kier molecular flexibility index (Phi) is 8.46. The lowest BCUT2D eigenvalue weighted by molar-refractivity contribution is -0.120. The van der Waals surface area contributed by atoms with Crippen LogP contribution in [0, 0.1) is 5.92 Å². The van der Waals surface area contributed by atoms with Crippen LogP contribution >= 0.6 is 23.1 Å². The van der Waals surface area contributed by atoms with Gasteiger partial charge in [0.25, 0.3) is 0 Å². The van der Waals surface area contributed by atoms with Crippen LogP contribution in [0.1, 0.15) is 26.5 Å². The lowest BCUT2D eigenvalue weighted by Gasteiger charge is -2.07. The summed E-state index contributed by atoms with van der Waals surface area (Å²) in [5, 5.41) is 10.2. The highest BCUT2D eigenvalue weighted by molar-refractivity contribution is 8.01. The summed E-state index contributed by atoms with van der Waals surface area (Å²) >= 11 is 2.74. The standard InChI is InChI=1S/C19H24N4O3S2/c1-12(2)9-20-17(25)8-16-10-27-19(23-16)28-11-18(26)22-15-6-4-5-14(7-15)21-13(3)24/h4-7,10,12H,8-9,11H2,1-3H3,(H,20,25)(H,21,24)(H,22,26). The lowest BCUT2D eigenvalue weighted by Crippen LogP contribution is -2.28. The van der Waals surface area contributed by atoms with Crippen LogP contribution in [0.4, 0.5) is 11.4 Å². The van der Waals surface area contributed by atoms with Crippen molar-refractivity contribution in [2.75, 3.05) is 22.9 Å². The van der Waals surface area contributed by atoms with Gasteiger partial charge in [-0.25, -0.2) is 4.98 Å². The molecule has 0 aliphatic rings. The molecule has 0 saturated heterocycles. The van der Waals surface area contributed by atoms with Gasteiger partial charge in [-0.15, -0.1) is 11.3 Å². The van der Waals surface area contributed by atoms with E-state index in [0.717, 1.165) is 4.34 Å². The summed E-state index contributed by atoms with van der Waals surface area (Å²) in [6.45, 7) is 6.16. The highest BCUT2D eigenvalue weighted by atomic mass is 32.2. The Bertz CT molecular complexity index is 836. The molecule has 150 valence electrons. The molecule has 0 aliphatic heterocycles. The van der Waals surface area contributed by atoms with Crippen LogP contribution in [0.25, 0.3) is 0 Å². The van der Waals surface area contributed by atoms with Gasteiger partial charge in [0.2, 0.25) is 17.7 Å². The average Bonchev–Trinajstić information content (AvgIpc) is 3.05. The van der Waals surface area contributed by atoms with Crippen LogP contribution < -0.4 is 16.0 Å². The number of benzene rings is 1. The number of aromatic nitrogens is 1. The quantitative estimate of drug-likeness (QED) is 0.541. The molecular formula is C19H24N4O3S2. The van der Waals surface area contributed by atoms with Gasteiger partial charge < -0.3 is 16.0 Å². The number of thioether (sulfide) groups is 1. The molecule has 1 heterocycles. The van der Waals surface area contributed by atoms with Gasteiger partial charge in [-0.3, -0.25) is 14.4 Å². The molecule has 0 saturated carbocycles. The molecule has 0 unspecified atom stereocenters. The number of nitrogens with zero attached hydrogens (tertiary/aromatic N) is 1. The van der Waals surface area contributed by atoms with Crippen molar-refractivity contribution in [3.05, 3.63) is 35.3 Å². The summed E-state index contributed by atoms with van der Waals surface area (Å²) < 4.78 is 0.744. The topological polar surface area (TPSA) is 100 Å². The van der Waals surface area contributed by atoms with Gasteiger partial charge in [0.15, 0.2) is 4.34 Å². The fraction of sp³-hybridized carbons (Fsp3) is 0.368. The van der Waals surface area contributed by atoms with Gasteiger partial charge in [-0.05, 0) is 24.1 Å². The van der Waals surface area contributed by atoms with E-state index in [4.69, 9.17) is 0 Å². The Morgan fingerprint density at radius 1 is 1.14 bits per heavy atom. The van der Waals surface area contributed by atoms with Gasteiger partial charge in [-0.1, -0.05) is 31.7 Å². The molecule has 0 bridgehead atoms. The second kappa shape index (κ2) is 10.8. The first-order chi connectivity index (χ1) is 13.3. The molecule has 3 N–H and O–H groups in total. The van der Waals surface area contributed by atoms with Crippen molar-refractivity contribution in [2.45, 2.75) is 31.5 Å². The fourth-order valence-corrected chi connectivity index (χ4v) is 3.83. The second-order valence-electron chi connectivity index (χ2n) is 6.58. The molecule has 0 spiro atoms. The first-order valence-electron chi connectivity index (χ1n) is 8.83. The van der Waals surface area contributed by atoms with E-state index in [1.165, 1.54) is 30.0 Å². The van der Waals surface area contributed by atoms with E-state index in [1.54, 1.807) is 24.3 Å². The number of anilines is 2. The van der Waals surface area contributed by atoms with Crippen LogP contribution in [0.15, 0.2) is 34.0 Å². The lowest BCUT2D eigenvalue weighted by atomic mass is 10.2. The van der Waals surface area contributed by atoms with Crippen molar-refractivity contribution in [1.29, 1.82) is 0 Å². The fourth-order valence-electron chi connectivity index (χ4n) is 2.18. The molecule has 7 nitrogen and oxygen atoms in total. The number of thiazole rings is 1. The van der Waals surface area contributed by atoms with E-state index in [0.29, 0.717) is 29.5 Å². The van der Waals surface area contributed by atoms with Crippen molar-refractivity contribution >= 4 is 52.2 Å². The Labute approximate surface area is 172 Å². The Morgan fingerprint density at radius 3 is 2.54 bits per heavy atom. The molecule has 0 radical (unpaired) electrons. The van der Waals surface area contributed by atoms with E-state index >= 15 is 0 Å². The number of nitrogens with one attached hydrogen (secondary N) is 3. The predicted molar refractivity (Wildman–Crippen MR) is 114 cm³/mol. The van der Waals surface area contributed by atoms with Gasteiger partial charge >= 0.3 is 0 Å². The summed E-state index contributed by atoms with van der Waals surface area (Å²) in [4.78, 5) is 39.5. The van der Waals surface area contributed by atoms with Crippen molar-refractivity contribution in [3.8, 4) is 0 Å². The summed E-state index contributed by atoms with van der Waals surface area (Å²) in [6.07, 6.45) is 0.242. The van der Waals surface area contributed by atoms with Crippen LogP contribution in [0.3, 0.4) is 0 Å². The number of carbonyl (C=O) groups is 3. The normalized spacial score (nSPS) is 10.6. The molecule has 0 fully saturated rings. The van der Waals surface area contributed by atoms with E-state index < -0.39 is 0 Å². The molecule has 0 atom stereocenters. The maximum atomic E-state index is 12.1. The second-order valence-corrected chi connectivity index (χ2v) is 8.66. The van der Waals surface area contributed by atoms with Gasteiger partial charge in [0, 0.05) is 30.2 Å². The monoisotopic (exact) mass is 420 g/mol. The van der Waals surface area contributed by atoms with E-state index in [-0.39, 0.29) is 29.9 Å². The zero-order valence-corrected chi connectivity index (χ0v) is 17.7. The van der Waals surface area contributed by atoms with Crippen LogP contribution in [0.2, 0.25) is 0 Å². The third-order valence-corrected chi connectivity index (χ3v) is 5.44. The molecule has 3 amide bonds. The molecule has 9 heteroatoms. The van der Waals surface area contributed by atoms with Crippen molar-refractivity contribution in [3.63, 3.8) is 0 Å². The van der Waals surface area contributed by atoms with Crippen LogP contribution in [-0.4, -0.2) is 35.0 Å². The molecular weight excluding hydrogens is 396 g/mol. The Morgan fingerprint density at radius 2 is 1.86 bits per heavy atom. The summed E-state index contributed by atoms with van der Waals surface area (Å²) in [5.74, 6) is 0.222. The Hall–Kier alpha value is -2.39. The third-order valence-electron chi connectivity index (χ3n) is 3.37. The SMILES string of the molecule is CC(=O)Nc1cccc(NC(=O)CSc2nc(CC(=O)NCC(C)C)cs2)c1. The van der Waals surface area contributed by atoms with Crippen molar-refractivity contribution in [1.82, 2.24) is 10.3 Å². The number of hydrogen-bond acceptors (Lipinski definition) is 6. The maximum Gasteiger partial charge on any atom is 0.234 e. The number of rotatable bonds is 9. The maximum absolute atomic E-state index is 12.1. The first-order valence-corrected chi connectivity index (χ1v) is 10.7. The molecule has 2 aromatic rings. The predicted octanol–water partition coefficient (Wildman–Crippen LogP) is 3.15. The highest BCUT2D eigenvalue weighted by Gasteiger charge is 2.10. The molecule has 28 heavy (non-hydrogen) atoms. The first kappa shape index (κ1) is 21.9. The van der Waals surface area contributed by atoms with E-state index in [2.05, 4.69) is 20.9 Å². The number of hydrogen-bond donors (Lipinski definition) is 3. The minimum Gasteiger partial charge on any atom is -0.356 e.